The van der Waals surface area contributed by atoms with Gasteiger partial charge in [0.1, 0.15) is 5.75 Å². The SMILES string of the molecule is C=C(C)[C@@H]1OCC[C@@H]1C(=O)N1CCCc2c(OCC(N)=O)cccc21. The molecule has 134 valence electrons. The average Bonchev–Trinajstić information content (AvgIpc) is 3.08. The molecule has 2 atom stereocenters. The Bertz CT molecular complexity index is 701. The molecule has 0 aliphatic carbocycles. The van der Waals surface area contributed by atoms with Crippen LogP contribution in [0.15, 0.2) is 30.4 Å². The molecule has 6 heteroatoms. The molecule has 6 nitrogen and oxygen atoms in total. The number of benzene rings is 1. The van der Waals surface area contributed by atoms with E-state index in [-0.39, 0.29) is 24.5 Å². The Morgan fingerprint density at radius 2 is 2.24 bits per heavy atom. The second kappa shape index (κ2) is 7.27. The molecule has 1 saturated heterocycles. The van der Waals surface area contributed by atoms with Gasteiger partial charge in [-0.05, 0) is 38.3 Å². The number of hydrogen-bond donors (Lipinski definition) is 1. The number of primary amides is 1. The number of fused-ring (bicyclic) bond motifs is 1. The van der Waals surface area contributed by atoms with Crippen LogP contribution in [0.1, 0.15) is 25.3 Å². The lowest BCUT2D eigenvalue weighted by Crippen LogP contribution is -2.42. The minimum Gasteiger partial charge on any atom is -0.483 e. The first-order valence-electron chi connectivity index (χ1n) is 8.60. The molecule has 2 N–H and O–H groups in total. The zero-order valence-electron chi connectivity index (χ0n) is 14.5. The van der Waals surface area contributed by atoms with E-state index < -0.39 is 5.91 Å². The second-order valence-corrected chi connectivity index (χ2v) is 6.64. The van der Waals surface area contributed by atoms with Crippen molar-refractivity contribution in [1.29, 1.82) is 0 Å². The number of carbonyl (C=O) groups is 2. The summed E-state index contributed by atoms with van der Waals surface area (Å²) < 4.78 is 11.2. The van der Waals surface area contributed by atoms with Crippen molar-refractivity contribution >= 4 is 17.5 Å². The van der Waals surface area contributed by atoms with E-state index in [9.17, 15) is 9.59 Å². The zero-order chi connectivity index (χ0) is 18.0. The fourth-order valence-corrected chi connectivity index (χ4v) is 3.63. The van der Waals surface area contributed by atoms with Gasteiger partial charge in [0.25, 0.3) is 5.91 Å². The molecule has 0 aromatic heterocycles. The average molecular weight is 344 g/mol. The quantitative estimate of drug-likeness (QED) is 0.826. The highest BCUT2D eigenvalue weighted by atomic mass is 16.5. The molecule has 0 spiro atoms. The summed E-state index contributed by atoms with van der Waals surface area (Å²) in [6, 6.07) is 5.57. The van der Waals surface area contributed by atoms with Gasteiger partial charge in [-0.2, -0.15) is 0 Å². The molecule has 3 rings (SSSR count). The number of hydrogen-bond acceptors (Lipinski definition) is 4. The predicted octanol–water partition coefficient (Wildman–Crippen LogP) is 1.81. The molecule has 0 radical (unpaired) electrons. The summed E-state index contributed by atoms with van der Waals surface area (Å²) in [5.74, 6) is -0.0289. The van der Waals surface area contributed by atoms with Crippen molar-refractivity contribution in [2.24, 2.45) is 11.7 Å². The number of ether oxygens (including phenoxy) is 2. The highest BCUT2D eigenvalue weighted by Crippen LogP contribution is 2.37. The highest BCUT2D eigenvalue weighted by molar-refractivity contribution is 5.97. The first-order valence-corrected chi connectivity index (χ1v) is 8.60. The molecular weight excluding hydrogens is 320 g/mol. The van der Waals surface area contributed by atoms with Gasteiger partial charge >= 0.3 is 0 Å². The van der Waals surface area contributed by atoms with E-state index >= 15 is 0 Å². The molecule has 0 unspecified atom stereocenters. The third-order valence-electron chi connectivity index (χ3n) is 4.74. The Kier molecular flexibility index (Phi) is 5.08. The van der Waals surface area contributed by atoms with E-state index in [2.05, 4.69) is 6.58 Å². The lowest BCUT2D eigenvalue weighted by atomic mass is 9.93. The number of anilines is 1. The minimum atomic E-state index is -0.520. The Hall–Kier alpha value is -2.34. The molecule has 2 aliphatic rings. The fraction of sp³-hybridized carbons (Fsp3) is 0.474. The van der Waals surface area contributed by atoms with Gasteiger partial charge in [-0.3, -0.25) is 9.59 Å². The number of nitrogens with zero attached hydrogens (tertiary/aromatic N) is 1. The van der Waals surface area contributed by atoms with Crippen molar-refractivity contribution in [2.75, 3.05) is 24.7 Å². The van der Waals surface area contributed by atoms with Crippen LogP contribution in [0.25, 0.3) is 0 Å². The molecule has 25 heavy (non-hydrogen) atoms. The van der Waals surface area contributed by atoms with Crippen molar-refractivity contribution in [2.45, 2.75) is 32.3 Å². The highest BCUT2D eigenvalue weighted by Gasteiger charge is 2.38. The molecule has 0 bridgehead atoms. The fourth-order valence-electron chi connectivity index (χ4n) is 3.63. The molecule has 2 amide bonds. The topological polar surface area (TPSA) is 81.9 Å². The maximum absolute atomic E-state index is 13.1. The van der Waals surface area contributed by atoms with Crippen LogP contribution in [-0.2, 0) is 20.7 Å². The lowest BCUT2D eigenvalue weighted by molar-refractivity contribution is -0.123. The third-order valence-corrected chi connectivity index (χ3v) is 4.74. The standard InChI is InChI=1S/C19H24N2O4/c1-12(2)18-14(8-10-24-18)19(23)21-9-4-5-13-15(21)6-3-7-16(13)25-11-17(20)22/h3,6-7,14,18H,1,4-5,8-11H2,2H3,(H2,20,22)/t14-,18-/m0/s1. The van der Waals surface area contributed by atoms with Gasteiger partial charge in [0.15, 0.2) is 6.61 Å². The Morgan fingerprint density at radius 3 is 2.96 bits per heavy atom. The molecular formula is C19H24N2O4. The normalized spacial score (nSPS) is 22.4. The van der Waals surface area contributed by atoms with Gasteiger partial charge in [-0.15, -0.1) is 0 Å². The van der Waals surface area contributed by atoms with Crippen LogP contribution in [0.3, 0.4) is 0 Å². The first-order chi connectivity index (χ1) is 12.0. The van der Waals surface area contributed by atoms with Crippen molar-refractivity contribution in [3.05, 3.63) is 35.9 Å². The van der Waals surface area contributed by atoms with Gasteiger partial charge in [-0.25, -0.2) is 0 Å². The summed E-state index contributed by atoms with van der Waals surface area (Å²) in [6.45, 7) is 6.94. The van der Waals surface area contributed by atoms with Gasteiger partial charge in [0, 0.05) is 18.7 Å². The Labute approximate surface area is 147 Å². The van der Waals surface area contributed by atoms with E-state index in [1.54, 1.807) is 0 Å². The Balaban J connectivity index is 1.86. The minimum absolute atomic E-state index is 0.0681. The monoisotopic (exact) mass is 344 g/mol. The van der Waals surface area contributed by atoms with Gasteiger partial charge in [0.05, 0.1) is 17.7 Å². The van der Waals surface area contributed by atoms with E-state index in [0.717, 1.165) is 29.7 Å². The summed E-state index contributed by atoms with van der Waals surface area (Å²) in [5, 5.41) is 0. The van der Waals surface area contributed by atoms with Crippen LogP contribution in [-0.4, -0.2) is 37.7 Å². The molecule has 2 heterocycles. The van der Waals surface area contributed by atoms with Gasteiger partial charge in [-0.1, -0.05) is 18.2 Å². The Morgan fingerprint density at radius 1 is 1.44 bits per heavy atom. The molecule has 1 aromatic rings. The van der Waals surface area contributed by atoms with E-state index in [4.69, 9.17) is 15.2 Å². The van der Waals surface area contributed by atoms with Crippen LogP contribution in [0, 0.1) is 5.92 Å². The lowest BCUT2D eigenvalue weighted by Gasteiger charge is -2.33. The first kappa shape index (κ1) is 17.5. The number of nitrogens with two attached hydrogens (primary N) is 1. The summed E-state index contributed by atoms with van der Waals surface area (Å²) in [6.07, 6.45) is 2.15. The summed E-state index contributed by atoms with van der Waals surface area (Å²) >= 11 is 0. The maximum Gasteiger partial charge on any atom is 0.255 e. The van der Waals surface area contributed by atoms with Crippen LogP contribution in [0.2, 0.25) is 0 Å². The predicted molar refractivity (Wildman–Crippen MR) is 94.5 cm³/mol. The smallest absolute Gasteiger partial charge is 0.255 e. The molecule has 1 aromatic carbocycles. The summed E-state index contributed by atoms with van der Waals surface area (Å²) in [5.41, 5.74) is 7.85. The number of rotatable bonds is 5. The maximum atomic E-state index is 13.1. The molecule has 2 aliphatic heterocycles. The van der Waals surface area contributed by atoms with Crippen molar-refractivity contribution in [3.8, 4) is 5.75 Å². The van der Waals surface area contributed by atoms with E-state index in [1.807, 2.05) is 30.0 Å². The van der Waals surface area contributed by atoms with Crippen molar-refractivity contribution in [3.63, 3.8) is 0 Å². The second-order valence-electron chi connectivity index (χ2n) is 6.64. The van der Waals surface area contributed by atoms with Crippen molar-refractivity contribution in [1.82, 2.24) is 0 Å². The van der Waals surface area contributed by atoms with Crippen LogP contribution < -0.4 is 15.4 Å². The van der Waals surface area contributed by atoms with Gasteiger partial charge in [0.2, 0.25) is 5.91 Å². The molecule has 0 saturated carbocycles. The van der Waals surface area contributed by atoms with Crippen molar-refractivity contribution < 1.29 is 19.1 Å². The number of amides is 2. The zero-order valence-corrected chi connectivity index (χ0v) is 14.5. The van der Waals surface area contributed by atoms with Gasteiger partial charge < -0.3 is 20.1 Å². The van der Waals surface area contributed by atoms with Crippen LogP contribution >= 0.6 is 0 Å². The third kappa shape index (κ3) is 3.54. The summed E-state index contributed by atoms with van der Waals surface area (Å²) in [7, 11) is 0. The van der Waals surface area contributed by atoms with Crippen LogP contribution in [0.5, 0.6) is 5.75 Å². The van der Waals surface area contributed by atoms with E-state index in [0.29, 0.717) is 25.3 Å². The largest absolute Gasteiger partial charge is 0.483 e. The molecule has 1 fully saturated rings. The van der Waals surface area contributed by atoms with E-state index in [1.165, 1.54) is 0 Å². The van der Waals surface area contributed by atoms with Crippen LogP contribution in [0.4, 0.5) is 5.69 Å². The number of carbonyl (C=O) groups excluding carboxylic acids is 2. The summed E-state index contributed by atoms with van der Waals surface area (Å²) in [4.78, 5) is 26.0.